The third-order valence-electron chi connectivity index (χ3n) is 3.69. The molecule has 0 saturated carbocycles. The van der Waals surface area contributed by atoms with E-state index in [0.29, 0.717) is 11.5 Å². The zero-order chi connectivity index (χ0) is 14.9. The predicted molar refractivity (Wildman–Crippen MR) is 85.2 cm³/mol. The molecule has 4 nitrogen and oxygen atoms in total. The van der Waals surface area contributed by atoms with Crippen molar-refractivity contribution in [3.05, 3.63) is 60.4 Å². The van der Waals surface area contributed by atoms with Crippen molar-refractivity contribution in [2.45, 2.75) is 13.3 Å². The van der Waals surface area contributed by atoms with E-state index < -0.39 is 0 Å². The number of ether oxygens (including phenoxy) is 1. The monoisotopic (exact) mass is 290 g/mol. The van der Waals surface area contributed by atoms with Gasteiger partial charge in [0.2, 0.25) is 5.58 Å². The zero-order valence-corrected chi connectivity index (χ0v) is 12.1. The van der Waals surface area contributed by atoms with Crippen molar-refractivity contribution in [2.24, 2.45) is 0 Å². The Balaban J connectivity index is 1.88. The van der Waals surface area contributed by atoms with Gasteiger partial charge in [-0.05, 0) is 30.2 Å². The Morgan fingerprint density at radius 1 is 1.00 bits per heavy atom. The summed E-state index contributed by atoms with van der Waals surface area (Å²) in [5.74, 6) is 1.24. The highest BCUT2D eigenvalue weighted by Gasteiger charge is 2.15. The normalized spacial score (nSPS) is 11.1. The van der Waals surface area contributed by atoms with Gasteiger partial charge in [0.05, 0.1) is 0 Å². The van der Waals surface area contributed by atoms with Crippen molar-refractivity contribution in [3.8, 4) is 11.6 Å². The summed E-state index contributed by atoms with van der Waals surface area (Å²) < 4.78 is 11.9. The number of fused-ring (bicyclic) bond motifs is 3. The van der Waals surface area contributed by atoms with Crippen molar-refractivity contribution < 1.29 is 9.15 Å². The molecule has 0 N–H and O–H groups in total. The lowest BCUT2D eigenvalue weighted by atomic mass is 10.1. The van der Waals surface area contributed by atoms with Gasteiger partial charge in [-0.3, -0.25) is 0 Å². The maximum absolute atomic E-state index is 6.00. The van der Waals surface area contributed by atoms with Gasteiger partial charge in [0.1, 0.15) is 23.2 Å². The average molecular weight is 290 g/mol. The molecule has 2 aromatic heterocycles. The first-order valence-electron chi connectivity index (χ1n) is 7.25. The van der Waals surface area contributed by atoms with Crippen molar-refractivity contribution in [1.82, 2.24) is 9.97 Å². The summed E-state index contributed by atoms with van der Waals surface area (Å²) >= 11 is 0. The number of rotatable bonds is 3. The van der Waals surface area contributed by atoms with Crippen LogP contribution in [0.4, 0.5) is 0 Å². The van der Waals surface area contributed by atoms with Crippen LogP contribution in [0.5, 0.6) is 11.6 Å². The number of aryl methyl sites for hydroxylation is 1. The Morgan fingerprint density at radius 2 is 1.82 bits per heavy atom. The minimum Gasteiger partial charge on any atom is -0.449 e. The molecule has 0 bridgehead atoms. The third kappa shape index (κ3) is 2.00. The van der Waals surface area contributed by atoms with E-state index in [1.165, 1.54) is 6.33 Å². The molecule has 0 aliphatic carbocycles. The molecule has 2 heterocycles. The molecule has 0 spiro atoms. The molecule has 108 valence electrons. The van der Waals surface area contributed by atoms with Crippen LogP contribution < -0.4 is 4.74 Å². The number of benzene rings is 2. The van der Waals surface area contributed by atoms with Gasteiger partial charge in [-0.15, -0.1) is 0 Å². The molecule has 0 atom stereocenters. The zero-order valence-electron chi connectivity index (χ0n) is 12.1. The van der Waals surface area contributed by atoms with E-state index >= 15 is 0 Å². The minimum absolute atomic E-state index is 0.446. The van der Waals surface area contributed by atoms with Gasteiger partial charge in [-0.2, -0.15) is 4.98 Å². The quantitative estimate of drug-likeness (QED) is 0.547. The number of nitrogens with zero attached hydrogens (tertiary/aromatic N) is 2. The largest absolute Gasteiger partial charge is 0.449 e. The van der Waals surface area contributed by atoms with Gasteiger partial charge >= 0.3 is 0 Å². The van der Waals surface area contributed by atoms with Crippen molar-refractivity contribution in [2.75, 3.05) is 0 Å². The van der Waals surface area contributed by atoms with Gasteiger partial charge in [-0.1, -0.05) is 37.3 Å². The van der Waals surface area contributed by atoms with Crippen LogP contribution in [0.1, 0.15) is 12.5 Å². The predicted octanol–water partition coefficient (Wildman–Crippen LogP) is 4.73. The third-order valence-corrected chi connectivity index (χ3v) is 3.69. The Bertz CT molecular complexity index is 960. The highest BCUT2D eigenvalue weighted by Crippen LogP contribution is 2.34. The molecule has 4 rings (SSSR count). The fraction of sp³-hybridized carbons (Fsp3) is 0.111. The van der Waals surface area contributed by atoms with Gasteiger partial charge < -0.3 is 9.15 Å². The molecule has 0 amide bonds. The maximum Gasteiger partial charge on any atom is 0.267 e. The summed E-state index contributed by atoms with van der Waals surface area (Å²) in [4.78, 5) is 8.58. The molecular weight excluding hydrogens is 276 g/mol. The van der Waals surface area contributed by atoms with Crippen LogP contribution in [-0.4, -0.2) is 9.97 Å². The van der Waals surface area contributed by atoms with Crippen LogP contribution in [0.3, 0.4) is 0 Å². The van der Waals surface area contributed by atoms with Gasteiger partial charge in [-0.25, -0.2) is 4.98 Å². The number of para-hydroxylation sites is 2. The Labute approximate surface area is 127 Å². The molecule has 0 saturated heterocycles. The fourth-order valence-corrected chi connectivity index (χ4v) is 2.57. The van der Waals surface area contributed by atoms with E-state index in [1.807, 2.05) is 48.5 Å². The summed E-state index contributed by atoms with van der Waals surface area (Å²) in [6.45, 7) is 2.10. The first-order chi connectivity index (χ1) is 10.9. The molecule has 2 aromatic carbocycles. The molecular formula is C18H14N2O2. The Hall–Kier alpha value is -2.88. The number of hydrogen-bond acceptors (Lipinski definition) is 4. The lowest BCUT2D eigenvalue weighted by Crippen LogP contribution is -1.93. The van der Waals surface area contributed by atoms with Crippen molar-refractivity contribution in [1.29, 1.82) is 0 Å². The highest BCUT2D eigenvalue weighted by molar-refractivity contribution is 6.03. The highest BCUT2D eigenvalue weighted by atomic mass is 16.5. The molecule has 0 aliphatic rings. The molecule has 0 fully saturated rings. The molecule has 4 aromatic rings. The van der Waals surface area contributed by atoms with Gasteiger partial charge in [0, 0.05) is 5.39 Å². The minimum atomic E-state index is 0.446. The smallest absolute Gasteiger partial charge is 0.267 e. The van der Waals surface area contributed by atoms with Crippen LogP contribution >= 0.6 is 0 Å². The summed E-state index contributed by atoms with van der Waals surface area (Å²) in [5.41, 5.74) is 3.26. The van der Waals surface area contributed by atoms with Crippen LogP contribution in [0.15, 0.2) is 59.3 Å². The summed E-state index contributed by atoms with van der Waals surface area (Å²) in [6.07, 6.45) is 2.40. The lowest BCUT2D eigenvalue weighted by molar-refractivity contribution is 0.451. The van der Waals surface area contributed by atoms with Gasteiger partial charge in [0.25, 0.3) is 5.88 Å². The standard InChI is InChI=1S/C18H14N2O2/c1-2-12-7-3-5-9-14(12)22-18-17-16(19-11-20-18)13-8-4-6-10-15(13)21-17/h3-11H,2H2,1H3. The Morgan fingerprint density at radius 3 is 2.73 bits per heavy atom. The van der Waals surface area contributed by atoms with E-state index in [-0.39, 0.29) is 0 Å². The molecule has 22 heavy (non-hydrogen) atoms. The van der Waals surface area contributed by atoms with E-state index in [2.05, 4.69) is 16.9 Å². The summed E-state index contributed by atoms with van der Waals surface area (Å²) in [7, 11) is 0. The van der Waals surface area contributed by atoms with E-state index in [0.717, 1.165) is 34.2 Å². The fourth-order valence-electron chi connectivity index (χ4n) is 2.57. The van der Waals surface area contributed by atoms with E-state index in [1.54, 1.807) is 0 Å². The Kier molecular flexibility index (Phi) is 3.00. The van der Waals surface area contributed by atoms with Crippen molar-refractivity contribution in [3.63, 3.8) is 0 Å². The number of aromatic nitrogens is 2. The summed E-state index contributed by atoms with van der Waals surface area (Å²) in [5, 5.41) is 0.966. The second-order valence-electron chi connectivity index (χ2n) is 5.02. The first-order valence-corrected chi connectivity index (χ1v) is 7.25. The number of furan rings is 1. The molecule has 0 aliphatic heterocycles. The van der Waals surface area contributed by atoms with E-state index in [9.17, 15) is 0 Å². The van der Waals surface area contributed by atoms with Gasteiger partial charge in [0.15, 0.2) is 0 Å². The number of hydrogen-bond donors (Lipinski definition) is 0. The topological polar surface area (TPSA) is 48.2 Å². The van der Waals surface area contributed by atoms with Crippen LogP contribution in [0.25, 0.3) is 22.1 Å². The van der Waals surface area contributed by atoms with Crippen LogP contribution in [-0.2, 0) is 6.42 Å². The first kappa shape index (κ1) is 12.8. The second kappa shape index (κ2) is 5.15. The SMILES string of the molecule is CCc1ccccc1Oc1ncnc2c1oc1ccccc12. The molecule has 0 radical (unpaired) electrons. The van der Waals surface area contributed by atoms with E-state index in [4.69, 9.17) is 9.15 Å². The van der Waals surface area contributed by atoms with Crippen LogP contribution in [0, 0.1) is 0 Å². The lowest BCUT2D eigenvalue weighted by Gasteiger charge is -2.08. The second-order valence-corrected chi connectivity index (χ2v) is 5.02. The molecule has 4 heteroatoms. The van der Waals surface area contributed by atoms with Crippen molar-refractivity contribution >= 4 is 22.1 Å². The average Bonchev–Trinajstić information content (AvgIpc) is 2.95. The maximum atomic E-state index is 6.00. The summed E-state index contributed by atoms with van der Waals surface area (Å²) in [6, 6.07) is 15.7. The van der Waals surface area contributed by atoms with Crippen LogP contribution in [0.2, 0.25) is 0 Å². The molecule has 0 unspecified atom stereocenters.